The molecule has 0 spiro atoms. The SMILES string of the molecule is N#Cc1cccc(NC(=O)COc2ccc(C=O)cc2)c1. The number of anilines is 1. The van der Waals surface area contributed by atoms with Crippen molar-refractivity contribution in [2.24, 2.45) is 0 Å². The summed E-state index contributed by atoms with van der Waals surface area (Å²) in [6.45, 7) is -0.156. The van der Waals surface area contributed by atoms with Gasteiger partial charge in [-0.2, -0.15) is 5.26 Å². The zero-order valence-corrected chi connectivity index (χ0v) is 11.1. The fourth-order valence-corrected chi connectivity index (χ4v) is 1.66. The quantitative estimate of drug-likeness (QED) is 0.853. The molecule has 0 radical (unpaired) electrons. The minimum Gasteiger partial charge on any atom is -0.484 e. The molecule has 0 aliphatic carbocycles. The van der Waals surface area contributed by atoms with Crippen LogP contribution in [0.25, 0.3) is 0 Å². The molecule has 21 heavy (non-hydrogen) atoms. The highest BCUT2D eigenvalue weighted by molar-refractivity contribution is 5.92. The number of hydrogen-bond acceptors (Lipinski definition) is 4. The van der Waals surface area contributed by atoms with Crippen LogP contribution in [-0.4, -0.2) is 18.8 Å². The summed E-state index contributed by atoms with van der Waals surface area (Å²) in [5, 5.41) is 11.4. The number of aldehydes is 1. The van der Waals surface area contributed by atoms with Crippen molar-refractivity contribution in [1.29, 1.82) is 5.26 Å². The number of carbonyl (C=O) groups is 2. The Kier molecular flexibility index (Phi) is 4.67. The number of nitrogens with zero attached hydrogens (tertiary/aromatic N) is 1. The molecule has 1 amide bonds. The molecule has 0 aliphatic rings. The van der Waals surface area contributed by atoms with E-state index in [0.29, 0.717) is 22.6 Å². The van der Waals surface area contributed by atoms with Gasteiger partial charge >= 0.3 is 0 Å². The third-order valence-electron chi connectivity index (χ3n) is 2.66. The third kappa shape index (κ3) is 4.18. The third-order valence-corrected chi connectivity index (χ3v) is 2.66. The van der Waals surface area contributed by atoms with E-state index in [1.165, 1.54) is 0 Å². The number of amides is 1. The fraction of sp³-hybridized carbons (Fsp3) is 0.0625. The van der Waals surface area contributed by atoms with Gasteiger partial charge in [0.15, 0.2) is 6.61 Å². The van der Waals surface area contributed by atoms with E-state index in [9.17, 15) is 9.59 Å². The Labute approximate surface area is 121 Å². The normalized spacial score (nSPS) is 9.48. The van der Waals surface area contributed by atoms with Crippen molar-refractivity contribution < 1.29 is 14.3 Å². The molecule has 0 heterocycles. The van der Waals surface area contributed by atoms with Crippen LogP contribution < -0.4 is 10.1 Å². The van der Waals surface area contributed by atoms with E-state index in [1.807, 2.05) is 6.07 Å². The van der Waals surface area contributed by atoms with Gasteiger partial charge in [0.25, 0.3) is 5.91 Å². The molecule has 0 aromatic heterocycles. The van der Waals surface area contributed by atoms with E-state index in [2.05, 4.69) is 5.32 Å². The van der Waals surface area contributed by atoms with Crippen LogP contribution in [0.15, 0.2) is 48.5 Å². The van der Waals surface area contributed by atoms with Crippen molar-refractivity contribution >= 4 is 17.9 Å². The van der Waals surface area contributed by atoms with Gasteiger partial charge in [-0.25, -0.2) is 0 Å². The van der Waals surface area contributed by atoms with Crippen LogP contribution >= 0.6 is 0 Å². The van der Waals surface area contributed by atoms with Crippen molar-refractivity contribution in [2.45, 2.75) is 0 Å². The Balaban J connectivity index is 1.89. The van der Waals surface area contributed by atoms with Crippen molar-refractivity contribution in [3.63, 3.8) is 0 Å². The van der Waals surface area contributed by atoms with E-state index >= 15 is 0 Å². The van der Waals surface area contributed by atoms with Crippen molar-refractivity contribution in [3.05, 3.63) is 59.7 Å². The number of benzene rings is 2. The summed E-state index contributed by atoms with van der Waals surface area (Å²) in [5.74, 6) is 0.172. The first-order valence-corrected chi connectivity index (χ1v) is 6.19. The molecule has 1 N–H and O–H groups in total. The van der Waals surface area contributed by atoms with Crippen LogP contribution in [0.3, 0.4) is 0 Å². The van der Waals surface area contributed by atoms with Gasteiger partial charge < -0.3 is 10.1 Å². The van der Waals surface area contributed by atoms with Crippen LogP contribution in [0.5, 0.6) is 5.75 Å². The zero-order valence-electron chi connectivity index (χ0n) is 11.1. The second kappa shape index (κ2) is 6.87. The Morgan fingerprint density at radius 3 is 2.67 bits per heavy atom. The lowest BCUT2D eigenvalue weighted by Gasteiger charge is -2.07. The minimum atomic E-state index is -0.329. The molecule has 0 saturated carbocycles. The second-order valence-corrected chi connectivity index (χ2v) is 4.22. The Hall–Kier alpha value is -3.13. The molecule has 0 aliphatic heterocycles. The van der Waals surface area contributed by atoms with E-state index in [0.717, 1.165) is 6.29 Å². The molecule has 104 valence electrons. The summed E-state index contributed by atoms with van der Waals surface area (Å²) >= 11 is 0. The lowest BCUT2D eigenvalue weighted by atomic mass is 10.2. The molecule has 0 fully saturated rings. The molecular formula is C16H12N2O3. The van der Waals surface area contributed by atoms with Gasteiger partial charge in [-0.1, -0.05) is 6.07 Å². The van der Waals surface area contributed by atoms with Gasteiger partial charge in [0.05, 0.1) is 11.6 Å². The predicted octanol–water partition coefficient (Wildman–Crippen LogP) is 2.39. The van der Waals surface area contributed by atoms with Gasteiger partial charge in [0, 0.05) is 11.3 Å². The number of rotatable bonds is 5. The monoisotopic (exact) mass is 280 g/mol. The Bertz CT molecular complexity index is 687. The zero-order chi connectivity index (χ0) is 15.1. The first kappa shape index (κ1) is 14.3. The van der Waals surface area contributed by atoms with Gasteiger partial charge in [-0.3, -0.25) is 9.59 Å². The first-order chi connectivity index (χ1) is 10.2. The summed E-state index contributed by atoms with van der Waals surface area (Å²) in [6, 6.07) is 15.1. The molecule has 2 rings (SSSR count). The van der Waals surface area contributed by atoms with Gasteiger partial charge in [-0.05, 0) is 42.5 Å². The summed E-state index contributed by atoms with van der Waals surface area (Å²) in [6.07, 6.45) is 0.735. The maximum atomic E-state index is 11.7. The highest BCUT2D eigenvalue weighted by atomic mass is 16.5. The lowest BCUT2D eigenvalue weighted by Crippen LogP contribution is -2.20. The smallest absolute Gasteiger partial charge is 0.262 e. The highest BCUT2D eigenvalue weighted by Crippen LogP contribution is 2.12. The Morgan fingerprint density at radius 1 is 1.24 bits per heavy atom. The van der Waals surface area contributed by atoms with E-state index in [-0.39, 0.29) is 12.5 Å². The fourth-order valence-electron chi connectivity index (χ4n) is 1.66. The number of carbonyl (C=O) groups excluding carboxylic acids is 2. The molecule has 0 unspecified atom stereocenters. The lowest BCUT2D eigenvalue weighted by molar-refractivity contribution is -0.118. The van der Waals surface area contributed by atoms with E-state index in [1.54, 1.807) is 48.5 Å². The summed E-state index contributed by atoms with van der Waals surface area (Å²) < 4.78 is 5.30. The van der Waals surface area contributed by atoms with Gasteiger partial charge in [0.1, 0.15) is 12.0 Å². The average Bonchev–Trinajstić information content (AvgIpc) is 2.53. The molecule has 2 aromatic rings. The number of nitrogens with one attached hydrogen (secondary N) is 1. The van der Waals surface area contributed by atoms with Gasteiger partial charge in [-0.15, -0.1) is 0 Å². The number of hydrogen-bond donors (Lipinski definition) is 1. The molecule has 5 heteroatoms. The maximum Gasteiger partial charge on any atom is 0.262 e. The predicted molar refractivity (Wildman–Crippen MR) is 77.1 cm³/mol. The van der Waals surface area contributed by atoms with Crippen LogP contribution in [0, 0.1) is 11.3 Å². The molecular weight excluding hydrogens is 268 g/mol. The standard InChI is InChI=1S/C16H12N2O3/c17-9-13-2-1-3-14(8-13)18-16(20)11-21-15-6-4-12(10-19)5-7-15/h1-8,10H,11H2,(H,18,20). The van der Waals surface area contributed by atoms with Crippen molar-refractivity contribution in [1.82, 2.24) is 0 Å². The van der Waals surface area contributed by atoms with Crippen LogP contribution in [0.2, 0.25) is 0 Å². The largest absolute Gasteiger partial charge is 0.484 e. The molecule has 2 aromatic carbocycles. The van der Waals surface area contributed by atoms with Crippen LogP contribution in [-0.2, 0) is 4.79 Å². The van der Waals surface area contributed by atoms with Crippen molar-refractivity contribution in [2.75, 3.05) is 11.9 Å². The molecule has 0 atom stereocenters. The summed E-state index contributed by atoms with van der Waals surface area (Å²) in [5.41, 5.74) is 1.55. The summed E-state index contributed by atoms with van der Waals surface area (Å²) in [7, 11) is 0. The average molecular weight is 280 g/mol. The highest BCUT2D eigenvalue weighted by Gasteiger charge is 2.04. The summed E-state index contributed by atoms with van der Waals surface area (Å²) in [4.78, 5) is 22.2. The molecule has 0 bridgehead atoms. The van der Waals surface area contributed by atoms with Crippen LogP contribution in [0.1, 0.15) is 15.9 Å². The van der Waals surface area contributed by atoms with Gasteiger partial charge in [0.2, 0.25) is 0 Å². The van der Waals surface area contributed by atoms with E-state index in [4.69, 9.17) is 10.00 Å². The topological polar surface area (TPSA) is 79.2 Å². The van der Waals surface area contributed by atoms with Crippen LogP contribution in [0.4, 0.5) is 5.69 Å². The van der Waals surface area contributed by atoms with Crippen molar-refractivity contribution in [3.8, 4) is 11.8 Å². The van der Waals surface area contributed by atoms with E-state index < -0.39 is 0 Å². The maximum absolute atomic E-state index is 11.7. The first-order valence-electron chi connectivity index (χ1n) is 6.19. The Morgan fingerprint density at radius 2 is 2.00 bits per heavy atom. The number of nitriles is 1. The molecule has 0 saturated heterocycles. The number of ether oxygens (including phenoxy) is 1. The minimum absolute atomic E-state index is 0.156. The molecule has 5 nitrogen and oxygen atoms in total. The second-order valence-electron chi connectivity index (χ2n) is 4.22.